The van der Waals surface area contributed by atoms with E-state index in [4.69, 9.17) is 0 Å². The van der Waals surface area contributed by atoms with Gasteiger partial charge in [-0.1, -0.05) is 42.5 Å². The molecule has 0 amide bonds. The average Bonchev–Trinajstić information content (AvgIpc) is 2.48. The Balaban J connectivity index is 1.86. The third-order valence-corrected chi connectivity index (χ3v) is 3.29. The fourth-order valence-corrected chi connectivity index (χ4v) is 2.16. The number of rotatable bonds is 7. The maximum absolute atomic E-state index is 12.2. The van der Waals surface area contributed by atoms with Crippen LogP contribution in [0.3, 0.4) is 0 Å². The lowest BCUT2D eigenvalue weighted by atomic mass is 10.1. The molecule has 0 fully saturated rings. The van der Waals surface area contributed by atoms with Gasteiger partial charge in [-0.05, 0) is 43.1 Å². The van der Waals surface area contributed by atoms with Crippen LogP contribution in [0, 0.1) is 0 Å². The highest BCUT2D eigenvalue weighted by Gasteiger charge is 2.08. The van der Waals surface area contributed by atoms with Crippen LogP contribution in [0.25, 0.3) is 0 Å². The summed E-state index contributed by atoms with van der Waals surface area (Å²) in [6.07, 6.45) is 0.929. The molecule has 0 spiro atoms. The monoisotopic (exact) mass is 291 g/mol. The highest BCUT2D eigenvalue weighted by molar-refractivity contribution is 5.30. The van der Waals surface area contributed by atoms with E-state index in [-0.39, 0.29) is 11.8 Å². The topological polar surface area (TPSA) is 21.3 Å². The van der Waals surface area contributed by atoms with Crippen molar-refractivity contribution in [1.29, 1.82) is 0 Å². The molecule has 1 N–H and O–H groups in total. The number of benzene rings is 2. The number of hydrogen-bond donors (Lipinski definition) is 1. The highest BCUT2D eigenvalue weighted by Crippen LogP contribution is 2.20. The van der Waals surface area contributed by atoms with Gasteiger partial charge in [0.05, 0.1) is 0 Å². The van der Waals surface area contributed by atoms with Gasteiger partial charge in [0, 0.05) is 6.04 Å². The second-order valence-corrected chi connectivity index (χ2v) is 4.86. The minimum atomic E-state index is -2.79. The van der Waals surface area contributed by atoms with E-state index in [2.05, 4.69) is 22.2 Å². The van der Waals surface area contributed by atoms with Gasteiger partial charge < -0.3 is 10.1 Å². The highest BCUT2D eigenvalue weighted by atomic mass is 19.3. The first-order valence-corrected chi connectivity index (χ1v) is 6.97. The second kappa shape index (κ2) is 7.74. The molecule has 1 atom stereocenters. The number of halogens is 2. The molecule has 0 aliphatic carbocycles. The van der Waals surface area contributed by atoms with Gasteiger partial charge in [-0.3, -0.25) is 0 Å². The van der Waals surface area contributed by atoms with E-state index in [0.29, 0.717) is 0 Å². The van der Waals surface area contributed by atoms with E-state index < -0.39 is 6.61 Å². The first-order chi connectivity index (χ1) is 10.1. The minimum absolute atomic E-state index is 0.0786. The molecule has 0 aliphatic heterocycles. The van der Waals surface area contributed by atoms with E-state index in [1.165, 1.54) is 11.6 Å². The zero-order chi connectivity index (χ0) is 15.1. The smallest absolute Gasteiger partial charge is 0.387 e. The molecule has 2 aromatic rings. The number of hydrogen-bond acceptors (Lipinski definition) is 2. The van der Waals surface area contributed by atoms with Crippen LogP contribution < -0.4 is 10.1 Å². The summed E-state index contributed by atoms with van der Waals surface area (Å²) in [6, 6.07) is 17.1. The van der Waals surface area contributed by atoms with Crippen LogP contribution >= 0.6 is 0 Å². The SMILES string of the molecule is CC(NCCc1ccccc1)c1cccc(OC(F)F)c1. The fraction of sp³-hybridized carbons (Fsp3) is 0.294. The van der Waals surface area contributed by atoms with Crippen molar-refractivity contribution in [2.75, 3.05) is 6.54 Å². The van der Waals surface area contributed by atoms with Gasteiger partial charge in [0.25, 0.3) is 0 Å². The quantitative estimate of drug-likeness (QED) is 0.826. The maximum Gasteiger partial charge on any atom is 0.387 e. The van der Waals surface area contributed by atoms with Gasteiger partial charge in [-0.15, -0.1) is 0 Å². The predicted molar refractivity (Wildman–Crippen MR) is 79.6 cm³/mol. The summed E-state index contributed by atoms with van der Waals surface area (Å²) < 4.78 is 28.8. The Morgan fingerprint density at radius 2 is 1.81 bits per heavy atom. The van der Waals surface area contributed by atoms with E-state index in [1.807, 2.05) is 31.2 Å². The summed E-state index contributed by atoms with van der Waals surface area (Å²) in [4.78, 5) is 0. The first kappa shape index (κ1) is 15.4. The van der Waals surface area contributed by atoms with Gasteiger partial charge in [0.1, 0.15) is 5.75 Å². The number of alkyl halides is 2. The minimum Gasteiger partial charge on any atom is -0.435 e. The van der Waals surface area contributed by atoms with Crippen molar-refractivity contribution in [3.05, 3.63) is 65.7 Å². The Morgan fingerprint density at radius 3 is 2.52 bits per heavy atom. The van der Waals surface area contributed by atoms with Crippen LogP contribution in [0.5, 0.6) is 5.75 Å². The molecule has 0 saturated heterocycles. The molecule has 4 heteroatoms. The average molecular weight is 291 g/mol. The van der Waals surface area contributed by atoms with Crippen molar-refractivity contribution in [3.63, 3.8) is 0 Å². The summed E-state index contributed by atoms with van der Waals surface area (Å²) in [7, 11) is 0. The summed E-state index contributed by atoms with van der Waals surface area (Å²) >= 11 is 0. The van der Waals surface area contributed by atoms with Crippen molar-refractivity contribution in [2.45, 2.75) is 26.0 Å². The number of nitrogens with one attached hydrogen (secondary N) is 1. The van der Waals surface area contributed by atoms with Crippen LogP contribution in [-0.4, -0.2) is 13.2 Å². The zero-order valence-corrected chi connectivity index (χ0v) is 11.9. The third kappa shape index (κ3) is 5.16. The Morgan fingerprint density at radius 1 is 1.05 bits per heavy atom. The Labute approximate surface area is 123 Å². The molecule has 0 saturated carbocycles. The van der Waals surface area contributed by atoms with Crippen LogP contribution in [0.15, 0.2) is 54.6 Å². The molecular weight excluding hydrogens is 272 g/mol. The van der Waals surface area contributed by atoms with Gasteiger partial charge in [0.2, 0.25) is 0 Å². The molecule has 0 radical (unpaired) electrons. The Hall–Kier alpha value is -1.94. The lowest BCUT2D eigenvalue weighted by Gasteiger charge is -2.15. The van der Waals surface area contributed by atoms with Crippen molar-refractivity contribution < 1.29 is 13.5 Å². The molecule has 2 nitrogen and oxygen atoms in total. The predicted octanol–water partition coefficient (Wildman–Crippen LogP) is 4.18. The van der Waals surface area contributed by atoms with E-state index >= 15 is 0 Å². The normalized spacial score (nSPS) is 12.4. The van der Waals surface area contributed by atoms with Gasteiger partial charge >= 0.3 is 6.61 Å². The molecule has 1 unspecified atom stereocenters. The molecule has 0 aromatic heterocycles. The molecular formula is C17H19F2NO. The van der Waals surface area contributed by atoms with Crippen molar-refractivity contribution in [2.24, 2.45) is 0 Å². The zero-order valence-electron chi connectivity index (χ0n) is 11.9. The lowest BCUT2D eigenvalue weighted by molar-refractivity contribution is -0.0499. The van der Waals surface area contributed by atoms with Crippen molar-refractivity contribution >= 4 is 0 Å². The lowest BCUT2D eigenvalue weighted by Crippen LogP contribution is -2.21. The molecule has 21 heavy (non-hydrogen) atoms. The second-order valence-electron chi connectivity index (χ2n) is 4.86. The Bertz CT molecular complexity index is 545. The van der Waals surface area contributed by atoms with Crippen molar-refractivity contribution in [1.82, 2.24) is 5.32 Å². The Kier molecular flexibility index (Phi) is 5.69. The molecule has 0 bridgehead atoms. The molecule has 0 aliphatic rings. The largest absolute Gasteiger partial charge is 0.435 e. The van der Waals surface area contributed by atoms with Gasteiger partial charge in [-0.25, -0.2) is 0 Å². The standard InChI is InChI=1S/C17H19F2NO/c1-13(20-11-10-14-6-3-2-4-7-14)15-8-5-9-16(12-15)21-17(18)19/h2-9,12-13,17,20H,10-11H2,1H3. The van der Waals surface area contributed by atoms with E-state index in [1.54, 1.807) is 12.1 Å². The van der Waals surface area contributed by atoms with E-state index in [9.17, 15) is 8.78 Å². The molecule has 0 heterocycles. The molecule has 2 rings (SSSR count). The summed E-state index contributed by atoms with van der Waals surface area (Å²) in [5, 5.41) is 3.38. The van der Waals surface area contributed by atoms with Gasteiger partial charge in [0.15, 0.2) is 0 Å². The van der Waals surface area contributed by atoms with E-state index in [0.717, 1.165) is 18.5 Å². The molecule has 2 aromatic carbocycles. The first-order valence-electron chi connectivity index (χ1n) is 6.97. The van der Waals surface area contributed by atoms with Crippen LogP contribution in [0.1, 0.15) is 24.1 Å². The maximum atomic E-state index is 12.2. The van der Waals surface area contributed by atoms with Gasteiger partial charge in [-0.2, -0.15) is 8.78 Å². The summed E-state index contributed by atoms with van der Waals surface area (Å²) in [5.41, 5.74) is 2.20. The molecule has 112 valence electrons. The summed E-state index contributed by atoms with van der Waals surface area (Å²) in [5.74, 6) is 0.194. The number of ether oxygens (including phenoxy) is 1. The van der Waals surface area contributed by atoms with Crippen LogP contribution in [0.2, 0.25) is 0 Å². The van der Waals surface area contributed by atoms with Crippen molar-refractivity contribution in [3.8, 4) is 5.75 Å². The van der Waals surface area contributed by atoms with Crippen LogP contribution in [0.4, 0.5) is 8.78 Å². The third-order valence-electron chi connectivity index (χ3n) is 3.29. The van der Waals surface area contributed by atoms with Crippen LogP contribution in [-0.2, 0) is 6.42 Å². The summed E-state index contributed by atoms with van der Waals surface area (Å²) in [6.45, 7) is 0.0408. The fourth-order valence-electron chi connectivity index (χ4n) is 2.16.